The molecule has 0 aliphatic carbocycles. The number of benzene rings is 2. The van der Waals surface area contributed by atoms with Crippen molar-refractivity contribution in [2.24, 2.45) is 11.8 Å². The van der Waals surface area contributed by atoms with Gasteiger partial charge in [-0.2, -0.15) is 10.2 Å². The average Bonchev–Trinajstić information content (AvgIpc) is 2.29. The third-order valence-electron chi connectivity index (χ3n) is 15.7. The van der Waals surface area contributed by atoms with Gasteiger partial charge in [0.1, 0.15) is 34.9 Å². The van der Waals surface area contributed by atoms with Crippen LogP contribution in [0, 0.1) is 25.7 Å². The molecule has 0 spiro atoms. The highest BCUT2D eigenvalue weighted by atomic mass is 79.9. The van der Waals surface area contributed by atoms with Crippen molar-refractivity contribution in [2.45, 2.75) is 131 Å². The quantitative estimate of drug-likeness (QED) is 0.123. The molecule has 9 heterocycles. The standard InChI is InChI=1S/C28H34N6O3.C18H18BrN5O.C16H28BNO4/c1-19-5-7-20(8-6-19)14-29-26(35)23-15-33(16-23)25-24-13-22(17-34(24)31-18-30-25)21-9-11-32(12-10-21)27(36)37-28(2,3)4;1-12-2-4-13(5-3-12)7-20-18(25)14-8-23(9-14)17-16-6-15(19)10-24(16)22-11-21-17;1-14(2,3)20-13(19)18-10-8-12(9-11-18)17-21-15(4,5)16(6,7)22-17/h5-9,13,17-18,23H,10-12,14-16H2,1-4H3,(H,29,35);2-6,10-11,14H,7-9H2,1H3,(H,20,25);8H,9-11H2,1-7H3. The molecule has 5 aliphatic rings. The number of carbonyl (C=O) groups is 4. The van der Waals surface area contributed by atoms with E-state index in [4.69, 9.17) is 18.8 Å². The normalized spacial score (nSPS) is 17.9. The summed E-state index contributed by atoms with van der Waals surface area (Å²) in [4.78, 5) is 66.0. The maximum absolute atomic E-state index is 12.6. The highest BCUT2D eigenvalue weighted by Gasteiger charge is 2.52. The molecular formula is C62H80BBrN12O8. The van der Waals surface area contributed by atoms with Gasteiger partial charge in [-0.3, -0.25) is 9.59 Å². The summed E-state index contributed by atoms with van der Waals surface area (Å²) in [6, 6.07) is 20.5. The van der Waals surface area contributed by atoms with E-state index in [1.165, 1.54) is 16.7 Å². The van der Waals surface area contributed by atoms with E-state index < -0.39 is 11.2 Å². The van der Waals surface area contributed by atoms with E-state index in [0.29, 0.717) is 65.4 Å². The van der Waals surface area contributed by atoms with Crippen molar-refractivity contribution in [3.05, 3.63) is 136 Å². The van der Waals surface area contributed by atoms with Gasteiger partial charge in [0.15, 0.2) is 11.6 Å². The minimum atomic E-state index is -0.506. The van der Waals surface area contributed by atoms with E-state index in [1.807, 2.05) is 123 Å². The van der Waals surface area contributed by atoms with Crippen LogP contribution in [0.15, 0.2) is 108 Å². The minimum Gasteiger partial charge on any atom is -0.444 e. The van der Waals surface area contributed by atoms with Gasteiger partial charge in [-0.1, -0.05) is 71.8 Å². The number of rotatable bonds is 10. The summed E-state index contributed by atoms with van der Waals surface area (Å²) in [7, 11) is -0.314. The molecule has 3 fully saturated rings. The number of anilines is 2. The smallest absolute Gasteiger partial charge is 0.444 e. The molecule has 20 nitrogen and oxygen atoms in total. The number of halogens is 1. The topological polar surface area (TPSA) is 203 Å². The number of fused-ring (bicyclic) bond motifs is 2. The summed E-state index contributed by atoms with van der Waals surface area (Å²) < 4.78 is 27.6. The van der Waals surface area contributed by atoms with Crippen LogP contribution in [0.5, 0.6) is 0 Å². The van der Waals surface area contributed by atoms with Crippen LogP contribution in [-0.4, -0.2) is 145 Å². The molecule has 5 aliphatic heterocycles. The Morgan fingerprint density at radius 2 is 1.08 bits per heavy atom. The molecule has 0 saturated carbocycles. The Hall–Kier alpha value is -7.30. The SMILES string of the molecule is CC(C)(C)OC(=O)N1CC=C(B2OC(C)(C)C(C)(C)O2)CC1.Cc1ccc(CNC(=O)C2CN(c3ncnn4cc(Br)cc34)C2)cc1.Cc1ccc(CNC(=O)C2CN(c3ncnn4cc(C5=CCN(C(=O)OC(C)(C)C)CC5)cc34)C2)cc1. The van der Waals surface area contributed by atoms with E-state index in [-0.39, 0.29) is 54.2 Å². The average molecular weight is 1210 g/mol. The van der Waals surface area contributed by atoms with Gasteiger partial charge in [0.25, 0.3) is 0 Å². The third-order valence-corrected chi connectivity index (χ3v) is 16.1. The largest absolute Gasteiger partial charge is 0.490 e. The number of carbonyl (C=O) groups excluding carboxylic acids is 4. The molecule has 2 aromatic carbocycles. The van der Waals surface area contributed by atoms with Crippen LogP contribution < -0.4 is 20.4 Å². The number of aromatic nitrogens is 6. The number of hydrogen-bond acceptors (Lipinski definition) is 14. The summed E-state index contributed by atoms with van der Waals surface area (Å²) in [5.74, 6) is 1.80. The molecule has 4 aromatic heterocycles. The van der Waals surface area contributed by atoms with Crippen LogP contribution in [0.2, 0.25) is 0 Å². The van der Waals surface area contributed by atoms with Gasteiger partial charge < -0.3 is 49.0 Å². The maximum atomic E-state index is 12.6. The van der Waals surface area contributed by atoms with Gasteiger partial charge in [-0.15, -0.1) is 0 Å². The summed E-state index contributed by atoms with van der Waals surface area (Å²) in [6.07, 6.45) is 12.0. The van der Waals surface area contributed by atoms with Crippen LogP contribution in [-0.2, 0) is 41.5 Å². The third kappa shape index (κ3) is 15.1. The van der Waals surface area contributed by atoms with E-state index in [1.54, 1.807) is 27.0 Å². The summed E-state index contributed by atoms with van der Waals surface area (Å²) in [5.41, 5.74) is 8.20. The molecule has 0 unspecified atom stereocenters. The number of hydrogen-bond donors (Lipinski definition) is 2. The molecule has 11 rings (SSSR count). The number of ether oxygens (including phenoxy) is 2. The fraction of sp³-hybridized carbons (Fsp3) is 0.484. The molecular weight excluding hydrogens is 1130 g/mol. The second-order valence-electron chi connectivity index (χ2n) is 25.3. The lowest BCUT2D eigenvalue weighted by Gasteiger charge is -2.39. The monoisotopic (exact) mass is 1210 g/mol. The van der Waals surface area contributed by atoms with Crippen molar-refractivity contribution in [1.82, 2.24) is 49.6 Å². The van der Waals surface area contributed by atoms with Crippen molar-refractivity contribution >= 4 is 75.3 Å². The Balaban J connectivity index is 0.000000158. The molecule has 84 heavy (non-hydrogen) atoms. The molecule has 0 radical (unpaired) electrons. The Bertz CT molecular complexity index is 3390. The zero-order chi connectivity index (χ0) is 60.3. The number of amides is 4. The number of aryl methyl sites for hydroxylation is 2. The summed E-state index contributed by atoms with van der Waals surface area (Å²) in [6.45, 7) is 29.5. The zero-order valence-electron chi connectivity index (χ0n) is 50.6. The molecule has 6 aromatic rings. The number of nitrogens with one attached hydrogen (secondary N) is 2. The van der Waals surface area contributed by atoms with E-state index in [0.717, 1.165) is 62.1 Å². The van der Waals surface area contributed by atoms with Gasteiger partial charge in [0.05, 0.1) is 23.0 Å². The summed E-state index contributed by atoms with van der Waals surface area (Å²) >= 11 is 3.46. The first-order valence-corrected chi connectivity index (χ1v) is 29.7. The van der Waals surface area contributed by atoms with Crippen molar-refractivity contribution in [3.8, 4) is 0 Å². The maximum Gasteiger partial charge on any atom is 0.490 e. The first kappa shape index (κ1) is 61.3. The van der Waals surface area contributed by atoms with Crippen molar-refractivity contribution in [2.75, 3.05) is 62.2 Å². The van der Waals surface area contributed by atoms with Crippen molar-refractivity contribution in [1.29, 1.82) is 0 Å². The van der Waals surface area contributed by atoms with E-state index >= 15 is 0 Å². The second kappa shape index (κ2) is 25.1. The minimum absolute atomic E-state index is 0.00105. The Morgan fingerprint density at radius 1 is 0.643 bits per heavy atom. The van der Waals surface area contributed by atoms with Gasteiger partial charge >= 0.3 is 19.3 Å². The Kier molecular flexibility index (Phi) is 18.3. The molecule has 2 N–H and O–H groups in total. The molecule has 446 valence electrons. The van der Waals surface area contributed by atoms with Gasteiger partial charge in [0, 0.05) is 82.3 Å². The Morgan fingerprint density at radius 3 is 1.51 bits per heavy atom. The fourth-order valence-electron chi connectivity index (χ4n) is 9.99. The summed E-state index contributed by atoms with van der Waals surface area (Å²) in [5, 5.41) is 14.7. The van der Waals surface area contributed by atoms with E-state index in [2.05, 4.69) is 107 Å². The number of nitrogens with zero attached hydrogens (tertiary/aromatic N) is 10. The van der Waals surface area contributed by atoms with Crippen LogP contribution in [0.3, 0.4) is 0 Å². The van der Waals surface area contributed by atoms with Gasteiger partial charge in [0.2, 0.25) is 11.8 Å². The van der Waals surface area contributed by atoms with Gasteiger partial charge in [-0.05, 0) is 152 Å². The van der Waals surface area contributed by atoms with Crippen LogP contribution in [0.4, 0.5) is 21.2 Å². The van der Waals surface area contributed by atoms with Crippen LogP contribution in [0.1, 0.15) is 110 Å². The lowest BCUT2D eigenvalue weighted by Crippen LogP contribution is -2.54. The van der Waals surface area contributed by atoms with Crippen LogP contribution in [0.25, 0.3) is 16.6 Å². The predicted molar refractivity (Wildman–Crippen MR) is 328 cm³/mol. The van der Waals surface area contributed by atoms with Gasteiger partial charge in [-0.25, -0.2) is 28.6 Å². The molecule has 3 saturated heterocycles. The fourth-order valence-corrected chi connectivity index (χ4v) is 10.4. The predicted octanol–water partition coefficient (Wildman–Crippen LogP) is 9.55. The lowest BCUT2D eigenvalue weighted by atomic mass is 9.75. The second-order valence-corrected chi connectivity index (χ2v) is 26.2. The molecule has 4 amide bonds. The lowest BCUT2D eigenvalue weighted by molar-refractivity contribution is -0.126. The highest BCUT2D eigenvalue weighted by Crippen LogP contribution is 2.40. The first-order valence-electron chi connectivity index (χ1n) is 28.9. The van der Waals surface area contributed by atoms with Crippen molar-refractivity contribution in [3.63, 3.8) is 0 Å². The molecule has 0 atom stereocenters. The van der Waals surface area contributed by atoms with E-state index in [9.17, 15) is 19.2 Å². The van der Waals surface area contributed by atoms with Crippen molar-refractivity contribution < 1.29 is 38.0 Å². The highest BCUT2D eigenvalue weighted by molar-refractivity contribution is 9.10. The molecule has 0 bridgehead atoms. The van der Waals surface area contributed by atoms with Crippen LogP contribution >= 0.6 is 15.9 Å². The first-order chi connectivity index (χ1) is 39.7. The zero-order valence-corrected chi connectivity index (χ0v) is 52.2. The molecule has 22 heteroatoms. The Labute approximate surface area is 501 Å².